The molecule has 1 heterocycles. The van der Waals surface area contributed by atoms with Gasteiger partial charge in [0.15, 0.2) is 0 Å². The molecule has 0 aliphatic carbocycles. The molecule has 5 nitrogen and oxygen atoms in total. The lowest BCUT2D eigenvalue weighted by Gasteiger charge is -2.26. The molecule has 0 saturated heterocycles. The van der Waals surface area contributed by atoms with E-state index in [0.717, 1.165) is 34.8 Å². The van der Waals surface area contributed by atoms with Crippen molar-refractivity contribution in [2.24, 2.45) is 0 Å². The molecule has 0 saturated carbocycles. The second-order valence-electron chi connectivity index (χ2n) is 8.07. The number of carbonyl (C=O) groups is 1. The minimum Gasteiger partial charge on any atom is -0.496 e. The Morgan fingerprint density at radius 1 is 1.03 bits per heavy atom. The van der Waals surface area contributed by atoms with Crippen LogP contribution >= 0.6 is 0 Å². The van der Waals surface area contributed by atoms with E-state index >= 15 is 0 Å². The average Bonchev–Trinajstić information content (AvgIpc) is 3.32. The molecular formula is C27H33NO4. The van der Waals surface area contributed by atoms with Gasteiger partial charge in [0.1, 0.15) is 17.3 Å². The Hall–Kier alpha value is -3.21. The summed E-state index contributed by atoms with van der Waals surface area (Å²) in [5, 5.41) is 0. The molecule has 0 radical (unpaired) electrons. The second kappa shape index (κ2) is 11.4. The summed E-state index contributed by atoms with van der Waals surface area (Å²) in [5.41, 5.74) is 2.27. The molecule has 5 heteroatoms. The van der Waals surface area contributed by atoms with E-state index in [2.05, 4.69) is 18.2 Å². The molecule has 1 unspecified atom stereocenters. The van der Waals surface area contributed by atoms with Gasteiger partial charge in [-0.05, 0) is 56.2 Å². The van der Waals surface area contributed by atoms with Gasteiger partial charge in [0, 0.05) is 24.4 Å². The SMILES string of the molecule is CCC(=O)N(CCC(c1ccc(OC(C)C)cc1)c1ccccc1OC)Cc1ccco1. The first-order chi connectivity index (χ1) is 15.5. The summed E-state index contributed by atoms with van der Waals surface area (Å²) in [4.78, 5) is 14.5. The van der Waals surface area contributed by atoms with Crippen molar-refractivity contribution >= 4 is 5.91 Å². The van der Waals surface area contributed by atoms with Gasteiger partial charge in [-0.15, -0.1) is 0 Å². The van der Waals surface area contributed by atoms with Crippen molar-refractivity contribution < 1.29 is 18.7 Å². The first-order valence-electron chi connectivity index (χ1n) is 11.2. The molecule has 0 aliphatic rings. The maximum atomic E-state index is 12.6. The zero-order valence-electron chi connectivity index (χ0n) is 19.4. The standard InChI is InChI=1S/C27H33NO4/c1-5-27(29)28(19-23-9-8-18-31-23)17-16-24(25-10-6-7-11-26(25)30-4)21-12-14-22(15-13-21)32-20(2)3/h6-15,18,20,24H,5,16-17,19H2,1-4H3. The number of carbonyl (C=O) groups excluding carboxylic acids is 1. The molecule has 0 spiro atoms. The number of benzene rings is 2. The van der Waals surface area contributed by atoms with Gasteiger partial charge >= 0.3 is 0 Å². The van der Waals surface area contributed by atoms with Gasteiger partial charge in [-0.2, -0.15) is 0 Å². The van der Waals surface area contributed by atoms with Gasteiger partial charge in [0.05, 0.1) is 26.0 Å². The Balaban J connectivity index is 1.87. The van der Waals surface area contributed by atoms with E-state index in [1.54, 1.807) is 13.4 Å². The molecule has 32 heavy (non-hydrogen) atoms. The third kappa shape index (κ3) is 6.16. The summed E-state index contributed by atoms with van der Waals surface area (Å²) in [6.07, 6.45) is 2.99. The smallest absolute Gasteiger partial charge is 0.222 e. The monoisotopic (exact) mass is 435 g/mol. The van der Waals surface area contributed by atoms with Crippen molar-refractivity contribution in [2.45, 2.75) is 52.2 Å². The molecule has 0 aliphatic heterocycles. The van der Waals surface area contributed by atoms with Crippen LogP contribution in [0.3, 0.4) is 0 Å². The Morgan fingerprint density at radius 3 is 2.41 bits per heavy atom. The van der Waals surface area contributed by atoms with Crippen LogP contribution in [0.4, 0.5) is 0 Å². The molecule has 170 valence electrons. The van der Waals surface area contributed by atoms with Crippen molar-refractivity contribution in [2.75, 3.05) is 13.7 Å². The van der Waals surface area contributed by atoms with E-state index in [1.807, 2.05) is 68.1 Å². The summed E-state index contributed by atoms with van der Waals surface area (Å²) in [7, 11) is 1.69. The molecule has 1 aromatic heterocycles. The third-order valence-electron chi connectivity index (χ3n) is 5.44. The highest BCUT2D eigenvalue weighted by Gasteiger charge is 2.22. The van der Waals surface area contributed by atoms with Crippen LogP contribution in [0.5, 0.6) is 11.5 Å². The summed E-state index contributed by atoms with van der Waals surface area (Å²) in [5.74, 6) is 2.67. The number of ether oxygens (including phenoxy) is 2. The average molecular weight is 436 g/mol. The maximum Gasteiger partial charge on any atom is 0.222 e. The minimum atomic E-state index is 0.0722. The fraction of sp³-hybridized carbons (Fsp3) is 0.370. The summed E-state index contributed by atoms with van der Waals surface area (Å²) in [6.45, 7) is 7.01. The van der Waals surface area contributed by atoms with E-state index in [1.165, 1.54) is 0 Å². The number of amides is 1. The molecule has 1 amide bonds. The van der Waals surface area contributed by atoms with Crippen LogP contribution in [0, 0.1) is 0 Å². The Morgan fingerprint density at radius 2 is 1.78 bits per heavy atom. The van der Waals surface area contributed by atoms with Crippen LogP contribution in [-0.4, -0.2) is 30.6 Å². The van der Waals surface area contributed by atoms with Crippen LogP contribution in [-0.2, 0) is 11.3 Å². The molecule has 0 fully saturated rings. The fourth-order valence-electron chi connectivity index (χ4n) is 3.90. The highest BCUT2D eigenvalue weighted by molar-refractivity contribution is 5.75. The molecular weight excluding hydrogens is 402 g/mol. The van der Waals surface area contributed by atoms with Crippen LogP contribution in [0.25, 0.3) is 0 Å². The van der Waals surface area contributed by atoms with E-state index in [4.69, 9.17) is 13.9 Å². The lowest BCUT2D eigenvalue weighted by molar-refractivity contribution is -0.131. The van der Waals surface area contributed by atoms with E-state index in [0.29, 0.717) is 19.5 Å². The van der Waals surface area contributed by atoms with Gasteiger partial charge in [-0.3, -0.25) is 4.79 Å². The van der Waals surface area contributed by atoms with Gasteiger partial charge in [0.2, 0.25) is 5.91 Å². The minimum absolute atomic E-state index is 0.0722. The van der Waals surface area contributed by atoms with Crippen molar-refractivity contribution in [1.82, 2.24) is 4.90 Å². The molecule has 0 bridgehead atoms. The zero-order valence-corrected chi connectivity index (χ0v) is 19.4. The number of hydrogen-bond donors (Lipinski definition) is 0. The Kier molecular flexibility index (Phi) is 8.37. The fourth-order valence-corrected chi connectivity index (χ4v) is 3.90. The molecule has 2 aromatic carbocycles. The van der Waals surface area contributed by atoms with E-state index < -0.39 is 0 Å². The number of hydrogen-bond acceptors (Lipinski definition) is 4. The molecule has 3 aromatic rings. The predicted octanol–water partition coefficient (Wildman–Crippen LogP) is 6.04. The number of furan rings is 1. The van der Waals surface area contributed by atoms with Crippen LogP contribution < -0.4 is 9.47 Å². The normalized spacial score (nSPS) is 11.9. The topological polar surface area (TPSA) is 51.9 Å². The summed E-state index contributed by atoms with van der Waals surface area (Å²) in [6, 6.07) is 20.1. The number of methoxy groups -OCH3 is 1. The first-order valence-corrected chi connectivity index (χ1v) is 11.2. The highest BCUT2D eigenvalue weighted by atomic mass is 16.5. The lowest BCUT2D eigenvalue weighted by atomic mass is 9.87. The van der Waals surface area contributed by atoms with Gasteiger partial charge in [-0.25, -0.2) is 0 Å². The van der Waals surface area contributed by atoms with Crippen molar-refractivity contribution in [3.63, 3.8) is 0 Å². The van der Waals surface area contributed by atoms with Gasteiger partial charge in [-0.1, -0.05) is 37.3 Å². The number of para-hydroxylation sites is 1. The van der Waals surface area contributed by atoms with Crippen LogP contribution in [0.2, 0.25) is 0 Å². The maximum absolute atomic E-state index is 12.6. The highest BCUT2D eigenvalue weighted by Crippen LogP contribution is 2.35. The largest absolute Gasteiger partial charge is 0.496 e. The van der Waals surface area contributed by atoms with E-state index in [-0.39, 0.29) is 17.9 Å². The molecule has 0 N–H and O–H groups in total. The number of nitrogens with zero attached hydrogens (tertiary/aromatic N) is 1. The van der Waals surface area contributed by atoms with Crippen molar-refractivity contribution in [3.8, 4) is 11.5 Å². The first kappa shape index (κ1) is 23.5. The van der Waals surface area contributed by atoms with Crippen molar-refractivity contribution in [3.05, 3.63) is 83.8 Å². The zero-order chi connectivity index (χ0) is 22.9. The van der Waals surface area contributed by atoms with Gasteiger partial charge in [0.25, 0.3) is 0 Å². The van der Waals surface area contributed by atoms with E-state index in [9.17, 15) is 4.79 Å². The van der Waals surface area contributed by atoms with Crippen LogP contribution in [0.15, 0.2) is 71.3 Å². The predicted molar refractivity (Wildman–Crippen MR) is 126 cm³/mol. The molecule has 1 atom stereocenters. The molecule has 3 rings (SSSR count). The van der Waals surface area contributed by atoms with Gasteiger partial charge < -0.3 is 18.8 Å². The number of rotatable bonds is 11. The quantitative estimate of drug-likeness (QED) is 0.369. The summed E-state index contributed by atoms with van der Waals surface area (Å²) >= 11 is 0. The Labute approximate surface area is 191 Å². The third-order valence-corrected chi connectivity index (χ3v) is 5.44. The van der Waals surface area contributed by atoms with Crippen molar-refractivity contribution in [1.29, 1.82) is 0 Å². The summed E-state index contributed by atoms with van der Waals surface area (Å²) < 4.78 is 17.0. The van der Waals surface area contributed by atoms with Crippen LogP contribution in [0.1, 0.15) is 56.4 Å². The second-order valence-corrected chi connectivity index (χ2v) is 8.07. The lowest BCUT2D eigenvalue weighted by Crippen LogP contribution is -2.31. The Bertz CT molecular complexity index is 964.